The lowest BCUT2D eigenvalue weighted by Gasteiger charge is -2.23. The van der Waals surface area contributed by atoms with E-state index in [4.69, 9.17) is 0 Å². The number of ether oxygens (including phenoxy) is 2. The Morgan fingerprint density at radius 3 is 1.89 bits per heavy atom. The maximum Gasteiger partial charge on any atom is 0.573 e. The summed E-state index contributed by atoms with van der Waals surface area (Å²) < 4.78 is 100. The van der Waals surface area contributed by atoms with Gasteiger partial charge in [-0.3, -0.25) is 0 Å². The first-order valence-corrected chi connectivity index (χ1v) is 7.82. The van der Waals surface area contributed by atoms with Crippen LogP contribution in [0.15, 0.2) is 36.4 Å². The largest absolute Gasteiger partial charge is 0.573 e. The van der Waals surface area contributed by atoms with Crippen molar-refractivity contribution in [2.45, 2.75) is 38.8 Å². The van der Waals surface area contributed by atoms with Crippen LogP contribution in [0.3, 0.4) is 0 Å². The Labute approximate surface area is 150 Å². The summed E-state index contributed by atoms with van der Waals surface area (Å²) in [7, 11) is 0. The second-order valence-corrected chi connectivity index (χ2v) is 5.69. The Kier molecular flexibility index (Phi) is 6.04. The molecule has 27 heavy (non-hydrogen) atoms. The van der Waals surface area contributed by atoms with Gasteiger partial charge in [0.05, 0.1) is 11.7 Å². The van der Waals surface area contributed by atoms with Crippen molar-refractivity contribution in [1.82, 2.24) is 0 Å². The summed E-state index contributed by atoms with van der Waals surface area (Å²) in [5, 5.41) is 0. The Balaban J connectivity index is 2.22. The molecule has 0 N–H and O–H groups in total. The fourth-order valence-electron chi connectivity index (χ4n) is 2.32. The number of benzene rings is 2. The van der Waals surface area contributed by atoms with Crippen LogP contribution < -0.4 is 4.74 Å². The van der Waals surface area contributed by atoms with Crippen molar-refractivity contribution in [3.63, 3.8) is 0 Å². The van der Waals surface area contributed by atoms with E-state index < -0.39 is 47.1 Å². The van der Waals surface area contributed by atoms with Gasteiger partial charge in [0.2, 0.25) is 5.75 Å². The lowest BCUT2D eigenvalue weighted by molar-refractivity contribution is -0.276. The van der Waals surface area contributed by atoms with Gasteiger partial charge in [-0.2, -0.15) is 8.78 Å². The lowest BCUT2D eigenvalue weighted by Crippen LogP contribution is -2.21. The third-order valence-electron chi connectivity index (χ3n) is 3.73. The van der Waals surface area contributed by atoms with Gasteiger partial charge in [-0.1, -0.05) is 31.2 Å². The first-order valence-electron chi connectivity index (χ1n) is 7.82. The summed E-state index contributed by atoms with van der Waals surface area (Å²) in [4.78, 5) is 0. The van der Waals surface area contributed by atoms with Crippen molar-refractivity contribution >= 4 is 0 Å². The molecule has 0 aliphatic heterocycles. The molecule has 0 heterocycles. The third-order valence-corrected chi connectivity index (χ3v) is 3.73. The highest BCUT2D eigenvalue weighted by molar-refractivity contribution is 5.33. The molecular weight excluding hydrogens is 381 g/mol. The molecule has 1 atom stereocenters. The molecule has 2 aromatic rings. The SMILES string of the molecule is CCc1ccc(C(F)(F)OC(C)c2cc(F)c(OC(F)(F)F)c(F)c2)cc1. The zero-order chi connectivity index (χ0) is 20.4. The van der Waals surface area contributed by atoms with E-state index in [-0.39, 0.29) is 0 Å². The fourth-order valence-corrected chi connectivity index (χ4v) is 2.32. The normalized spacial score (nSPS) is 13.5. The maximum absolute atomic E-state index is 14.2. The average molecular weight is 396 g/mol. The summed E-state index contributed by atoms with van der Waals surface area (Å²) >= 11 is 0. The van der Waals surface area contributed by atoms with E-state index in [0.717, 1.165) is 24.6 Å². The Hall–Kier alpha value is -2.29. The molecule has 0 fully saturated rings. The third kappa shape index (κ3) is 5.35. The fraction of sp³-hybridized carbons (Fsp3) is 0.333. The minimum Gasteiger partial charge on any atom is -0.399 e. The molecule has 9 heteroatoms. The van der Waals surface area contributed by atoms with Gasteiger partial charge in [-0.15, -0.1) is 13.2 Å². The van der Waals surface area contributed by atoms with E-state index in [0.29, 0.717) is 18.6 Å². The summed E-state index contributed by atoms with van der Waals surface area (Å²) in [6.07, 6.45) is -9.95. The second-order valence-electron chi connectivity index (χ2n) is 5.69. The van der Waals surface area contributed by atoms with Gasteiger partial charge in [-0.05, 0) is 36.6 Å². The Morgan fingerprint density at radius 1 is 0.926 bits per heavy atom. The number of alkyl halides is 5. The highest BCUT2D eigenvalue weighted by Crippen LogP contribution is 2.37. The van der Waals surface area contributed by atoms with Crippen LogP contribution >= 0.6 is 0 Å². The first-order chi connectivity index (χ1) is 12.4. The van der Waals surface area contributed by atoms with Crippen molar-refractivity contribution < 1.29 is 40.2 Å². The lowest BCUT2D eigenvalue weighted by atomic mass is 10.1. The summed E-state index contributed by atoms with van der Waals surface area (Å²) in [5.74, 6) is -5.04. The average Bonchev–Trinajstić information content (AvgIpc) is 2.56. The van der Waals surface area contributed by atoms with E-state index in [1.165, 1.54) is 12.1 Å². The topological polar surface area (TPSA) is 18.5 Å². The Bertz CT molecular complexity index is 762. The molecule has 0 bridgehead atoms. The second kappa shape index (κ2) is 7.75. The van der Waals surface area contributed by atoms with Crippen LogP contribution in [0.25, 0.3) is 0 Å². The molecule has 0 saturated carbocycles. The molecule has 2 nitrogen and oxygen atoms in total. The van der Waals surface area contributed by atoms with Gasteiger partial charge in [0.25, 0.3) is 0 Å². The van der Waals surface area contributed by atoms with Crippen molar-refractivity contribution in [2.24, 2.45) is 0 Å². The van der Waals surface area contributed by atoms with Crippen molar-refractivity contribution in [3.8, 4) is 5.75 Å². The van der Waals surface area contributed by atoms with E-state index in [1.807, 2.05) is 6.92 Å². The van der Waals surface area contributed by atoms with Crippen LogP contribution in [0.4, 0.5) is 30.7 Å². The van der Waals surface area contributed by atoms with Gasteiger partial charge in [0.15, 0.2) is 11.6 Å². The molecule has 0 radical (unpaired) electrons. The minimum absolute atomic E-state index is 0.413. The van der Waals surface area contributed by atoms with Crippen LogP contribution in [0.2, 0.25) is 0 Å². The summed E-state index contributed by atoms with van der Waals surface area (Å²) in [5.41, 5.74) is -0.0547. The number of rotatable bonds is 6. The predicted molar refractivity (Wildman–Crippen MR) is 82.3 cm³/mol. The molecule has 0 aliphatic rings. The molecule has 0 spiro atoms. The molecule has 0 aromatic heterocycles. The van der Waals surface area contributed by atoms with Gasteiger partial charge >= 0.3 is 12.5 Å². The van der Waals surface area contributed by atoms with E-state index in [9.17, 15) is 30.7 Å². The van der Waals surface area contributed by atoms with Gasteiger partial charge in [0.1, 0.15) is 0 Å². The zero-order valence-electron chi connectivity index (χ0n) is 14.2. The van der Waals surface area contributed by atoms with Crippen molar-refractivity contribution in [1.29, 1.82) is 0 Å². The first kappa shape index (κ1) is 21.0. The highest BCUT2D eigenvalue weighted by atomic mass is 19.4. The monoisotopic (exact) mass is 396 g/mol. The minimum atomic E-state index is -5.30. The van der Waals surface area contributed by atoms with E-state index in [2.05, 4.69) is 9.47 Å². The maximum atomic E-state index is 14.2. The predicted octanol–water partition coefficient (Wildman–Crippen LogP) is 6.25. The number of hydrogen-bond donors (Lipinski definition) is 0. The molecule has 2 rings (SSSR count). The van der Waals surface area contributed by atoms with Crippen LogP contribution in [-0.4, -0.2) is 6.36 Å². The van der Waals surface area contributed by atoms with E-state index in [1.54, 1.807) is 0 Å². The quantitative estimate of drug-likeness (QED) is 0.537. The summed E-state index contributed by atoms with van der Waals surface area (Å²) in [6.45, 7) is 2.94. The molecule has 148 valence electrons. The number of aryl methyl sites for hydroxylation is 1. The highest BCUT2D eigenvalue weighted by Gasteiger charge is 2.37. The van der Waals surface area contributed by atoms with Crippen LogP contribution in [0.1, 0.15) is 36.6 Å². The number of halogens is 7. The molecule has 2 aromatic carbocycles. The molecule has 1 unspecified atom stereocenters. The van der Waals surface area contributed by atoms with Crippen LogP contribution in [0, 0.1) is 11.6 Å². The molecule has 0 saturated heterocycles. The van der Waals surface area contributed by atoms with Gasteiger partial charge in [-0.25, -0.2) is 8.78 Å². The Morgan fingerprint density at radius 2 is 1.44 bits per heavy atom. The van der Waals surface area contributed by atoms with Crippen molar-refractivity contribution in [2.75, 3.05) is 0 Å². The summed E-state index contributed by atoms with van der Waals surface area (Å²) in [6, 6.07) is 6.19. The van der Waals surface area contributed by atoms with Gasteiger partial charge in [0, 0.05) is 0 Å². The van der Waals surface area contributed by atoms with Crippen LogP contribution in [0.5, 0.6) is 5.75 Å². The smallest absolute Gasteiger partial charge is 0.399 e. The van der Waals surface area contributed by atoms with E-state index >= 15 is 0 Å². The molecular formula is C18H15F7O2. The standard InChI is InChI=1S/C18H15F7O2/c1-3-11-4-6-13(7-5-11)17(21,22)26-10(2)12-8-14(19)16(15(20)9-12)27-18(23,24)25/h4-10H,3H2,1-2H3. The van der Waals surface area contributed by atoms with Crippen LogP contribution in [-0.2, 0) is 17.3 Å². The van der Waals surface area contributed by atoms with Gasteiger partial charge < -0.3 is 9.47 Å². The van der Waals surface area contributed by atoms with Crippen molar-refractivity contribution in [3.05, 3.63) is 64.7 Å². The molecule has 0 amide bonds. The zero-order valence-corrected chi connectivity index (χ0v) is 14.2. The number of hydrogen-bond acceptors (Lipinski definition) is 2. The molecule has 0 aliphatic carbocycles.